The molecule has 0 aliphatic carbocycles. The van der Waals surface area contributed by atoms with Crippen LogP contribution in [0.2, 0.25) is 5.02 Å². The molecular weight excluding hydrogens is 540 g/mol. The highest BCUT2D eigenvalue weighted by Crippen LogP contribution is 2.33. The fraction of sp³-hybridized carbons (Fsp3) is 0.172. The van der Waals surface area contributed by atoms with Crippen LogP contribution in [0.1, 0.15) is 6.92 Å². The number of ether oxygens (including phenoxy) is 1. The summed E-state index contributed by atoms with van der Waals surface area (Å²) in [7, 11) is 1.87. The van der Waals surface area contributed by atoms with Crippen LogP contribution < -0.4 is 5.73 Å². The van der Waals surface area contributed by atoms with E-state index in [-0.39, 0.29) is 0 Å². The molecule has 0 saturated carbocycles. The van der Waals surface area contributed by atoms with Crippen molar-refractivity contribution in [2.75, 3.05) is 26.8 Å². The van der Waals surface area contributed by atoms with Crippen molar-refractivity contribution in [1.82, 2.24) is 40.0 Å². The van der Waals surface area contributed by atoms with E-state index < -0.39 is 0 Å². The van der Waals surface area contributed by atoms with Crippen LogP contribution in [0.5, 0.6) is 0 Å². The Morgan fingerprint density at radius 2 is 1.93 bits per heavy atom. The molecule has 0 spiro atoms. The molecule has 0 fully saturated rings. The number of nitrogens with zero attached hydrogens (tertiary/aromatic N) is 7. The van der Waals surface area contributed by atoms with Gasteiger partial charge in [-0.05, 0) is 42.8 Å². The third kappa shape index (κ3) is 5.45. The molecule has 6 aromatic rings. The molecule has 206 valence electrons. The summed E-state index contributed by atoms with van der Waals surface area (Å²) in [5.41, 5.74) is 13.1. The molecule has 12 heteroatoms. The van der Waals surface area contributed by atoms with Gasteiger partial charge in [-0.3, -0.25) is 10.1 Å². The van der Waals surface area contributed by atoms with Crippen molar-refractivity contribution in [1.29, 1.82) is 0 Å². The Balaban J connectivity index is 1.34. The number of halogens is 1. The SMILES string of the molecule is CCOCCN(C)C(N)=Nc1cncc(-c2cnc3n[nH]c(-c4nc5nccc(-c6cccc(Cl)c6)c5[nH]4)c3c2)c1. The largest absolute Gasteiger partial charge is 0.380 e. The van der Waals surface area contributed by atoms with Crippen LogP contribution >= 0.6 is 11.6 Å². The zero-order valence-corrected chi connectivity index (χ0v) is 23.2. The number of aliphatic imine (C=N–C) groups is 1. The first-order valence-corrected chi connectivity index (χ1v) is 13.4. The predicted octanol–water partition coefficient (Wildman–Crippen LogP) is 5.19. The van der Waals surface area contributed by atoms with E-state index in [1.54, 1.807) is 24.8 Å². The Labute approximate surface area is 240 Å². The Morgan fingerprint density at radius 1 is 1.05 bits per heavy atom. The number of imidazole rings is 1. The molecule has 4 N–H and O–H groups in total. The molecule has 1 aromatic carbocycles. The summed E-state index contributed by atoms with van der Waals surface area (Å²) in [6.45, 7) is 3.83. The number of aromatic amines is 2. The minimum absolute atomic E-state index is 0.380. The van der Waals surface area contributed by atoms with Crippen molar-refractivity contribution in [2.24, 2.45) is 10.7 Å². The van der Waals surface area contributed by atoms with Crippen LogP contribution in [0.15, 0.2) is 72.2 Å². The van der Waals surface area contributed by atoms with E-state index in [1.165, 1.54) is 0 Å². The van der Waals surface area contributed by atoms with Crippen LogP contribution in [0.3, 0.4) is 0 Å². The molecular formula is C29H27ClN10O. The molecule has 5 aromatic heterocycles. The normalized spacial score (nSPS) is 11.9. The number of pyridine rings is 3. The maximum atomic E-state index is 6.25. The Kier molecular flexibility index (Phi) is 7.28. The first kappa shape index (κ1) is 26.4. The van der Waals surface area contributed by atoms with Crippen LogP contribution in [-0.4, -0.2) is 72.8 Å². The third-order valence-corrected chi connectivity index (χ3v) is 6.88. The van der Waals surface area contributed by atoms with Gasteiger partial charge in [0.05, 0.1) is 29.4 Å². The Morgan fingerprint density at radius 3 is 2.78 bits per heavy atom. The smallest absolute Gasteiger partial charge is 0.196 e. The molecule has 11 nitrogen and oxygen atoms in total. The second-order valence-electron chi connectivity index (χ2n) is 9.37. The van der Waals surface area contributed by atoms with Gasteiger partial charge in [-0.25, -0.2) is 19.9 Å². The van der Waals surface area contributed by atoms with E-state index in [2.05, 4.69) is 35.1 Å². The average molecular weight is 567 g/mol. The van der Waals surface area contributed by atoms with E-state index in [1.807, 2.05) is 61.3 Å². The monoisotopic (exact) mass is 566 g/mol. The highest BCUT2D eigenvalue weighted by atomic mass is 35.5. The highest BCUT2D eigenvalue weighted by Gasteiger charge is 2.17. The van der Waals surface area contributed by atoms with Crippen molar-refractivity contribution < 1.29 is 4.74 Å². The third-order valence-electron chi connectivity index (χ3n) is 6.64. The van der Waals surface area contributed by atoms with Crippen LogP contribution in [0.4, 0.5) is 5.69 Å². The predicted molar refractivity (Wildman–Crippen MR) is 161 cm³/mol. The number of guanidine groups is 1. The lowest BCUT2D eigenvalue weighted by molar-refractivity contribution is 0.136. The van der Waals surface area contributed by atoms with Crippen LogP contribution in [0.25, 0.3) is 56.0 Å². The molecule has 41 heavy (non-hydrogen) atoms. The number of fused-ring (bicyclic) bond motifs is 2. The zero-order chi connectivity index (χ0) is 28.3. The van der Waals surface area contributed by atoms with E-state index >= 15 is 0 Å². The van der Waals surface area contributed by atoms with Gasteiger partial charge in [-0.2, -0.15) is 5.10 Å². The minimum atomic E-state index is 0.380. The van der Waals surface area contributed by atoms with Crippen molar-refractivity contribution in [3.8, 4) is 33.8 Å². The summed E-state index contributed by atoms with van der Waals surface area (Å²) in [6.07, 6.45) is 6.92. The van der Waals surface area contributed by atoms with Gasteiger partial charge in [-0.15, -0.1) is 0 Å². The summed E-state index contributed by atoms with van der Waals surface area (Å²) in [5.74, 6) is 0.979. The number of likely N-dealkylation sites (N-methyl/N-ethyl adjacent to an activating group) is 1. The van der Waals surface area contributed by atoms with Crippen molar-refractivity contribution in [3.05, 3.63) is 72.3 Å². The van der Waals surface area contributed by atoms with Crippen molar-refractivity contribution in [2.45, 2.75) is 6.92 Å². The summed E-state index contributed by atoms with van der Waals surface area (Å²) in [6, 6.07) is 13.5. The summed E-state index contributed by atoms with van der Waals surface area (Å²) in [4.78, 5) is 28.0. The van der Waals surface area contributed by atoms with Gasteiger partial charge in [0.15, 0.2) is 23.1 Å². The second kappa shape index (κ2) is 11.3. The quantitative estimate of drug-likeness (QED) is 0.129. The molecule has 0 atom stereocenters. The minimum Gasteiger partial charge on any atom is -0.380 e. The van der Waals surface area contributed by atoms with E-state index in [0.717, 1.165) is 33.2 Å². The van der Waals surface area contributed by atoms with Gasteiger partial charge < -0.3 is 20.4 Å². The second-order valence-corrected chi connectivity index (χ2v) is 9.80. The van der Waals surface area contributed by atoms with Gasteiger partial charge in [0.2, 0.25) is 0 Å². The van der Waals surface area contributed by atoms with E-state index in [0.29, 0.717) is 59.2 Å². The number of hydrogen-bond acceptors (Lipinski definition) is 7. The number of benzene rings is 1. The molecule has 0 radical (unpaired) electrons. The van der Waals surface area contributed by atoms with Gasteiger partial charge in [0, 0.05) is 60.5 Å². The lowest BCUT2D eigenvalue weighted by Gasteiger charge is -2.17. The van der Waals surface area contributed by atoms with Gasteiger partial charge >= 0.3 is 0 Å². The molecule has 0 bridgehead atoms. The molecule has 0 saturated heterocycles. The highest BCUT2D eigenvalue weighted by molar-refractivity contribution is 6.30. The van der Waals surface area contributed by atoms with Crippen LogP contribution in [-0.2, 0) is 4.74 Å². The number of H-pyrrole nitrogens is 2. The number of rotatable bonds is 8. The molecule has 0 aliphatic rings. The maximum Gasteiger partial charge on any atom is 0.196 e. The fourth-order valence-electron chi connectivity index (χ4n) is 4.49. The fourth-order valence-corrected chi connectivity index (χ4v) is 4.68. The Hall–Kier alpha value is -4.87. The number of nitrogens with one attached hydrogen (secondary N) is 2. The van der Waals surface area contributed by atoms with Gasteiger partial charge in [-0.1, -0.05) is 23.7 Å². The average Bonchev–Trinajstić information content (AvgIpc) is 3.61. The molecule has 0 amide bonds. The topological polar surface area (TPSA) is 147 Å². The van der Waals surface area contributed by atoms with Crippen LogP contribution in [0, 0.1) is 0 Å². The lowest BCUT2D eigenvalue weighted by atomic mass is 10.1. The number of nitrogens with two attached hydrogens (primary N) is 1. The first-order chi connectivity index (χ1) is 20.0. The lowest BCUT2D eigenvalue weighted by Crippen LogP contribution is -2.36. The van der Waals surface area contributed by atoms with Crippen molar-refractivity contribution >= 4 is 45.4 Å². The summed E-state index contributed by atoms with van der Waals surface area (Å²) < 4.78 is 5.40. The van der Waals surface area contributed by atoms with Gasteiger partial charge in [0.25, 0.3) is 0 Å². The number of hydrogen-bond donors (Lipinski definition) is 3. The first-order valence-electron chi connectivity index (χ1n) is 13.0. The summed E-state index contributed by atoms with van der Waals surface area (Å²) in [5, 5.41) is 8.94. The van der Waals surface area contributed by atoms with E-state index in [4.69, 9.17) is 27.1 Å². The maximum absolute atomic E-state index is 6.25. The summed E-state index contributed by atoms with van der Waals surface area (Å²) >= 11 is 6.25. The van der Waals surface area contributed by atoms with Crippen molar-refractivity contribution in [3.63, 3.8) is 0 Å². The molecule has 0 unspecified atom stereocenters. The zero-order valence-electron chi connectivity index (χ0n) is 22.5. The molecule has 5 heterocycles. The number of aromatic nitrogens is 7. The Bertz CT molecular complexity index is 1880. The standard InChI is InChI=1S/C29H27ClN10O/c1-3-41-10-9-40(2)29(31)35-21-12-18(14-32-16-21)19-13-23-25(38-39-26(23)34-15-19)28-36-24-22(7-8-33-27(24)37-28)17-5-4-6-20(30)11-17/h4-8,11-16H,3,9-10H2,1-2H3,(H2,31,35)(H,33,36,37)(H,34,38,39). The molecule has 0 aliphatic heterocycles. The van der Waals surface area contributed by atoms with Gasteiger partial charge in [0.1, 0.15) is 5.69 Å². The van der Waals surface area contributed by atoms with E-state index in [9.17, 15) is 0 Å². The molecule has 6 rings (SSSR count).